The number of rotatable bonds is 5. The van der Waals surface area contributed by atoms with Gasteiger partial charge in [0, 0.05) is 0 Å². The van der Waals surface area contributed by atoms with E-state index in [2.05, 4.69) is 5.32 Å². The van der Waals surface area contributed by atoms with Crippen molar-refractivity contribution in [3.63, 3.8) is 0 Å². The summed E-state index contributed by atoms with van der Waals surface area (Å²) >= 11 is 0. The smallest absolute Gasteiger partial charge is 0.420 e. The Morgan fingerprint density at radius 2 is 2.10 bits per heavy atom. The number of fused-ring (bicyclic) bond motifs is 1. The zero-order valence-electron chi connectivity index (χ0n) is 11.8. The maximum absolute atomic E-state index is 11.9. The zero-order chi connectivity index (χ0) is 15.4. The summed E-state index contributed by atoms with van der Waals surface area (Å²) in [4.78, 5) is 35.1. The molecule has 1 aromatic carbocycles. The highest BCUT2D eigenvalue weighted by atomic mass is 16.5. The summed E-state index contributed by atoms with van der Waals surface area (Å²) in [5, 5.41) is 2.48. The lowest BCUT2D eigenvalue weighted by molar-refractivity contribution is -0.146. The van der Waals surface area contributed by atoms with Crippen LogP contribution in [0.5, 0.6) is 0 Å². The van der Waals surface area contributed by atoms with Gasteiger partial charge in [-0.2, -0.15) is 0 Å². The zero-order valence-corrected chi connectivity index (χ0v) is 11.8. The molecular weight excluding hydrogens is 276 g/mol. The summed E-state index contributed by atoms with van der Waals surface area (Å²) in [6, 6.07) is 6.03. The van der Waals surface area contributed by atoms with Crippen molar-refractivity contribution < 1.29 is 18.7 Å². The average molecular weight is 292 g/mol. The Kier molecular flexibility index (Phi) is 4.42. The Balaban J connectivity index is 2.10. The molecule has 0 aliphatic carbocycles. The number of esters is 1. The van der Waals surface area contributed by atoms with Gasteiger partial charge in [-0.05, 0) is 26.0 Å². The van der Waals surface area contributed by atoms with Gasteiger partial charge in [-0.1, -0.05) is 12.1 Å². The molecule has 2 rings (SSSR count). The number of benzene rings is 1. The molecule has 0 bridgehead atoms. The van der Waals surface area contributed by atoms with Gasteiger partial charge in [0.25, 0.3) is 0 Å². The van der Waals surface area contributed by atoms with Crippen molar-refractivity contribution in [3.05, 3.63) is 34.8 Å². The van der Waals surface area contributed by atoms with E-state index >= 15 is 0 Å². The van der Waals surface area contributed by atoms with E-state index in [9.17, 15) is 14.4 Å². The molecule has 1 heterocycles. The molecule has 112 valence electrons. The Bertz CT molecular complexity index is 715. The molecule has 0 spiro atoms. The van der Waals surface area contributed by atoms with E-state index in [1.165, 1.54) is 11.5 Å². The molecule has 0 radical (unpaired) electrons. The van der Waals surface area contributed by atoms with Crippen LogP contribution in [-0.4, -0.2) is 29.1 Å². The van der Waals surface area contributed by atoms with E-state index in [-0.39, 0.29) is 13.2 Å². The molecule has 21 heavy (non-hydrogen) atoms. The van der Waals surface area contributed by atoms with Crippen molar-refractivity contribution >= 4 is 23.0 Å². The fourth-order valence-electron chi connectivity index (χ4n) is 1.92. The molecule has 0 aliphatic rings. The topological polar surface area (TPSA) is 90.5 Å². The Morgan fingerprint density at radius 1 is 1.38 bits per heavy atom. The monoisotopic (exact) mass is 292 g/mol. The van der Waals surface area contributed by atoms with Crippen molar-refractivity contribution in [3.8, 4) is 0 Å². The van der Waals surface area contributed by atoms with Crippen molar-refractivity contribution in [2.45, 2.75) is 26.4 Å². The SMILES string of the molecule is CCOC(=O)C(C)NC(=O)Cn1c(=O)oc2ccccc21. The van der Waals surface area contributed by atoms with Gasteiger partial charge in [0.05, 0.1) is 12.1 Å². The number of oxazole rings is 1. The maximum Gasteiger partial charge on any atom is 0.420 e. The molecule has 2 aromatic rings. The molecule has 1 amide bonds. The molecule has 0 fully saturated rings. The van der Waals surface area contributed by atoms with Crippen molar-refractivity contribution in [1.29, 1.82) is 0 Å². The Hall–Kier alpha value is -2.57. The second-order valence-electron chi connectivity index (χ2n) is 4.46. The molecular formula is C14H16N2O5. The van der Waals surface area contributed by atoms with Gasteiger partial charge < -0.3 is 14.5 Å². The van der Waals surface area contributed by atoms with Crippen molar-refractivity contribution in [2.24, 2.45) is 0 Å². The van der Waals surface area contributed by atoms with Gasteiger partial charge in [-0.15, -0.1) is 0 Å². The van der Waals surface area contributed by atoms with Crippen LogP contribution >= 0.6 is 0 Å². The van der Waals surface area contributed by atoms with Crippen molar-refractivity contribution in [1.82, 2.24) is 9.88 Å². The standard InChI is InChI=1S/C14H16N2O5/c1-3-20-13(18)9(2)15-12(17)8-16-10-6-4-5-7-11(10)21-14(16)19/h4-7,9H,3,8H2,1-2H3,(H,15,17). The first kappa shape index (κ1) is 14.8. The highest BCUT2D eigenvalue weighted by Gasteiger charge is 2.18. The number of carbonyl (C=O) groups excluding carboxylic acids is 2. The third kappa shape index (κ3) is 3.31. The molecule has 1 atom stereocenters. The number of hydrogen-bond donors (Lipinski definition) is 1. The number of para-hydroxylation sites is 2. The lowest BCUT2D eigenvalue weighted by Crippen LogP contribution is -2.42. The normalized spacial score (nSPS) is 12.1. The Morgan fingerprint density at radius 3 is 2.81 bits per heavy atom. The first-order valence-corrected chi connectivity index (χ1v) is 6.57. The van der Waals surface area contributed by atoms with Crippen LogP contribution in [0, 0.1) is 0 Å². The van der Waals surface area contributed by atoms with E-state index in [1.807, 2.05) is 0 Å². The van der Waals surface area contributed by atoms with Gasteiger partial charge in [0.2, 0.25) is 5.91 Å². The van der Waals surface area contributed by atoms with E-state index in [0.717, 1.165) is 0 Å². The highest BCUT2D eigenvalue weighted by molar-refractivity contribution is 5.85. The third-order valence-electron chi connectivity index (χ3n) is 2.89. The first-order chi connectivity index (χ1) is 10.0. The molecule has 0 aliphatic heterocycles. The second kappa shape index (κ2) is 6.25. The third-order valence-corrected chi connectivity index (χ3v) is 2.89. The van der Waals surface area contributed by atoms with Crippen LogP contribution in [0.1, 0.15) is 13.8 Å². The lowest BCUT2D eigenvalue weighted by Gasteiger charge is -2.12. The van der Waals surface area contributed by atoms with Gasteiger partial charge in [-0.25, -0.2) is 9.59 Å². The summed E-state index contributed by atoms with van der Waals surface area (Å²) in [5.74, 6) is -1.60. The first-order valence-electron chi connectivity index (χ1n) is 6.57. The van der Waals surface area contributed by atoms with Crippen LogP contribution in [0.25, 0.3) is 11.1 Å². The highest BCUT2D eigenvalue weighted by Crippen LogP contribution is 2.11. The quantitative estimate of drug-likeness (QED) is 0.818. The fraction of sp³-hybridized carbons (Fsp3) is 0.357. The second-order valence-corrected chi connectivity index (χ2v) is 4.46. The van der Waals surface area contributed by atoms with Crippen LogP contribution in [0.4, 0.5) is 0 Å². The van der Waals surface area contributed by atoms with Gasteiger partial charge in [-0.3, -0.25) is 9.36 Å². The maximum atomic E-state index is 11.9. The minimum absolute atomic E-state index is 0.223. The average Bonchev–Trinajstić information content (AvgIpc) is 2.75. The van der Waals surface area contributed by atoms with Crippen molar-refractivity contribution in [2.75, 3.05) is 6.61 Å². The molecule has 1 aromatic heterocycles. The predicted octanol–water partition coefficient (Wildman–Crippen LogP) is 0.662. The predicted molar refractivity (Wildman–Crippen MR) is 74.7 cm³/mol. The van der Waals surface area contributed by atoms with E-state index < -0.39 is 23.7 Å². The summed E-state index contributed by atoms with van der Waals surface area (Å²) in [6.07, 6.45) is 0. The van der Waals surface area contributed by atoms with Gasteiger partial charge in [0.1, 0.15) is 12.6 Å². The number of aromatic nitrogens is 1. The van der Waals surface area contributed by atoms with E-state index in [4.69, 9.17) is 9.15 Å². The molecule has 7 heteroatoms. The molecule has 0 saturated heterocycles. The molecule has 0 saturated carbocycles. The number of hydrogen-bond acceptors (Lipinski definition) is 5. The van der Waals surface area contributed by atoms with Crippen LogP contribution in [0.3, 0.4) is 0 Å². The summed E-state index contributed by atoms with van der Waals surface area (Å²) in [7, 11) is 0. The minimum atomic E-state index is -0.772. The Labute approximate surface area is 120 Å². The van der Waals surface area contributed by atoms with Crippen LogP contribution in [0.15, 0.2) is 33.5 Å². The van der Waals surface area contributed by atoms with Crippen LogP contribution in [0.2, 0.25) is 0 Å². The number of amides is 1. The largest absolute Gasteiger partial charge is 0.464 e. The number of carbonyl (C=O) groups is 2. The van der Waals surface area contributed by atoms with Crippen LogP contribution < -0.4 is 11.1 Å². The van der Waals surface area contributed by atoms with E-state index in [0.29, 0.717) is 11.1 Å². The molecule has 1 N–H and O–H groups in total. The van der Waals surface area contributed by atoms with E-state index in [1.54, 1.807) is 31.2 Å². The minimum Gasteiger partial charge on any atom is -0.464 e. The summed E-state index contributed by atoms with van der Waals surface area (Å²) in [6.45, 7) is 3.22. The fourth-order valence-corrected chi connectivity index (χ4v) is 1.92. The number of nitrogens with zero attached hydrogens (tertiary/aromatic N) is 1. The van der Waals surface area contributed by atoms with Gasteiger partial charge >= 0.3 is 11.7 Å². The van der Waals surface area contributed by atoms with Crippen LogP contribution in [-0.2, 0) is 20.9 Å². The van der Waals surface area contributed by atoms with Gasteiger partial charge in [0.15, 0.2) is 5.58 Å². The molecule has 7 nitrogen and oxygen atoms in total. The lowest BCUT2D eigenvalue weighted by atomic mass is 10.3. The molecule has 1 unspecified atom stereocenters. The number of nitrogens with one attached hydrogen (secondary N) is 1. The summed E-state index contributed by atoms with van der Waals surface area (Å²) in [5.41, 5.74) is 0.940. The number of ether oxygens (including phenoxy) is 1. The summed E-state index contributed by atoms with van der Waals surface area (Å²) < 4.78 is 11.0.